The molecule has 1 heterocycles. The molecule has 3 nitrogen and oxygen atoms in total. The number of para-hydroxylation sites is 2. The van der Waals surface area contributed by atoms with Crippen LogP contribution in [0.5, 0.6) is 0 Å². The highest BCUT2D eigenvalue weighted by molar-refractivity contribution is 7.99. The van der Waals surface area contributed by atoms with Gasteiger partial charge in [-0.15, -0.1) is 0 Å². The first-order valence-electron chi connectivity index (χ1n) is 11.7. The van der Waals surface area contributed by atoms with Crippen molar-refractivity contribution in [3.8, 4) is 0 Å². The number of alkyl halides is 3. The monoisotopic (exact) mass is 516 g/mol. The summed E-state index contributed by atoms with van der Waals surface area (Å²) in [7, 11) is 0. The highest BCUT2D eigenvalue weighted by Gasteiger charge is 2.33. The molecule has 0 aliphatic rings. The molecule has 7 heteroatoms. The van der Waals surface area contributed by atoms with E-state index in [0.29, 0.717) is 6.54 Å². The van der Waals surface area contributed by atoms with Crippen LogP contribution >= 0.6 is 11.8 Å². The van der Waals surface area contributed by atoms with Gasteiger partial charge in [0, 0.05) is 32.9 Å². The molecule has 1 amide bonds. The lowest BCUT2D eigenvalue weighted by Gasteiger charge is -2.15. The molecule has 186 valence electrons. The van der Waals surface area contributed by atoms with E-state index in [1.165, 1.54) is 18.2 Å². The molecular weight excluding hydrogens is 493 g/mol. The predicted octanol–water partition coefficient (Wildman–Crippen LogP) is 8.04. The fourth-order valence-electron chi connectivity index (χ4n) is 4.35. The van der Waals surface area contributed by atoms with Gasteiger partial charge in [0.1, 0.15) is 0 Å². The van der Waals surface area contributed by atoms with Gasteiger partial charge < -0.3 is 9.88 Å². The van der Waals surface area contributed by atoms with Crippen LogP contribution in [0.3, 0.4) is 0 Å². The summed E-state index contributed by atoms with van der Waals surface area (Å²) in [5.74, 6) is -0.510. The summed E-state index contributed by atoms with van der Waals surface area (Å²) >= 11 is 1.55. The molecule has 37 heavy (non-hydrogen) atoms. The molecule has 0 unspecified atom stereocenters. The molecule has 0 atom stereocenters. The largest absolute Gasteiger partial charge is 0.418 e. The van der Waals surface area contributed by atoms with Crippen LogP contribution in [0.1, 0.15) is 16.8 Å². The summed E-state index contributed by atoms with van der Waals surface area (Å²) in [4.78, 5) is 15.2. The smallest absolute Gasteiger partial charge is 0.338 e. The Morgan fingerprint density at radius 2 is 1.41 bits per heavy atom. The summed E-state index contributed by atoms with van der Waals surface area (Å²) in [5, 5.41) is 3.50. The molecule has 0 spiro atoms. The van der Waals surface area contributed by atoms with Crippen LogP contribution in [-0.2, 0) is 23.9 Å². The van der Waals surface area contributed by atoms with E-state index in [4.69, 9.17) is 0 Å². The van der Waals surface area contributed by atoms with E-state index in [2.05, 4.69) is 9.88 Å². The number of carbonyl (C=O) groups is 1. The van der Waals surface area contributed by atoms with Crippen LogP contribution in [0, 0.1) is 0 Å². The van der Waals surface area contributed by atoms with Crippen molar-refractivity contribution in [2.45, 2.75) is 28.9 Å². The molecule has 1 N–H and O–H groups in total. The Bertz CT molecular complexity index is 1450. The van der Waals surface area contributed by atoms with E-state index in [1.54, 1.807) is 11.8 Å². The van der Waals surface area contributed by atoms with Crippen molar-refractivity contribution in [1.82, 2.24) is 4.57 Å². The second-order valence-corrected chi connectivity index (χ2v) is 9.63. The van der Waals surface area contributed by atoms with Crippen molar-refractivity contribution in [3.63, 3.8) is 0 Å². The molecule has 0 aliphatic heterocycles. The Balaban J connectivity index is 1.58. The number of amides is 1. The van der Waals surface area contributed by atoms with Gasteiger partial charge in [-0.25, -0.2) is 0 Å². The minimum absolute atomic E-state index is 0.0805. The predicted molar refractivity (Wildman–Crippen MR) is 142 cm³/mol. The van der Waals surface area contributed by atoms with Crippen LogP contribution in [0.2, 0.25) is 0 Å². The topological polar surface area (TPSA) is 34.0 Å². The summed E-state index contributed by atoms with van der Waals surface area (Å²) < 4.78 is 42.6. The normalized spacial score (nSPS) is 11.5. The van der Waals surface area contributed by atoms with E-state index in [1.807, 2.05) is 84.9 Å². The fourth-order valence-corrected chi connectivity index (χ4v) is 5.46. The molecule has 0 bridgehead atoms. The Morgan fingerprint density at radius 3 is 2.14 bits per heavy atom. The van der Waals surface area contributed by atoms with Crippen molar-refractivity contribution in [2.24, 2.45) is 0 Å². The average molecular weight is 517 g/mol. The third-order valence-corrected chi connectivity index (χ3v) is 7.18. The van der Waals surface area contributed by atoms with Gasteiger partial charge in [0.25, 0.3) is 0 Å². The lowest BCUT2D eigenvalue weighted by atomic mass is 10.1. The maximum absolute atomic E-state index is 13.5. The number of aromatic nitrogens is 1. The lowest BCUT2D eigenvalue weighted by molar-refractivity contribution is -0.137. The number of fused-ring (bicyclic) bond motifs is 1. The molecule has 0 saturated carbocycles. The zero-order valence-electron chi connectivity index (χ0n) is 19.7. The van der Waals surface area contributed by atoms with Crippen LogP contribution < -0.4 is 5.32 Å². The number of hydrogen-bond donors (Lipinski definition) is 1. The maximum atomic E-state index is 13.5. The number of rotatable bonds is 7. The van der Waals surface area contributed by atoms with E-state index >= 15 is 0 Å². The number of nitrogens with zero attached hydrogens (tertiary/aromatic N) is 1. The van der Waals surface area contributed by atoms with E-state index in [0.717, 1.165) is 38.0 Å². The number of anilines is 1. The summed E-state index contributed by atoms with van der Waals surface area (Å²) in [5.41, 5.74) is 1.66. The van der Waals surface area contributed by atoms with Gasteiger partial charge in [0.05, 0.1) is 17.7 Å². The maximum Gasteiger partial charge on any atom is 0.418 e. The third-order valence-electron chi connectivity index (χ3n) is 6.01. The summed E-state index contributed by atoms with van der Waals surface area (Å²) in [6.45, 7) is 0.526. The Kier molecular flexibility index (Phi) is 7.06. The zero-order valence-corrected chi connectivity index (χ0v) is 20.5. The third kappa shape index (κ3) is 5.57. The van der Waals surface area contributed by atoms with Gasteiger partial charge in [-0.3, -0.25) is 4.79 Å². The lowest BCUT2D eigenvalue weighted by Crippen LogP contribution is -2.20. The number of carbonyl (C=O) groups excluding carboxylic acids is 1. The molecule has 0 aliphatic carbocycles. The van der Waals surface area contributed by atoms with Crippen molar-refractivity contribution >= 4 is 34.3 Å². The van der Waals surface area contributed by atoms with Gasteiger partial charge in [0.15, 0.2) is 0 Å². The second-order valence-electron chi connectivity index (χ2n) is 8.55. The van der Waals surface area contributed by atoms with E-state index in [9.17, 15) is 18.0 Å². The number of benzene rings is 4. The number of hydrogen-bond acceptors (Lipinski definition) is 2. The molecule has 5 aromatic rings. The van der Waals surface area contributed by atoms with Crippen LogP contribution in [-0.4, -0.2) is 10.5 Å². The molecule has 0 saturated heterocycles. The Hall–Kier alpha value is -3.97. The standard InChI is InChI=1S/C30H23F3N2OS/c31-30(32,33)24-16-8-9-17-25(24)34-28(36)19-27-29(37-22-13-5-2-6-14-22)23-15-7-10-18-26(23)35(27)20-21-11-3-1-4-12-21/h1-18H,19-20H2,(H,34,36). The minimum Gasteiger partial charge on any atom is -0.338 e. The fraction of sp³-hybridized carbons (Fsp3) is 0.100. The molecule has 1 aromatic heterocycles. The van der Waals surface area contributed by atoms with Gasteiger partial charge >= 0.3 is 6.18 Å². The van der Waals surface area contributed by atoms with Crippen LogP contribution in [0.4, 0.5) is 18.9 Å². The van der Waals surface area contributed by atoms with Crippen molar-refractivity contribution in [2.75, 3.05) is 5.32 Å². The number of nitrogens with one attached hydrogen (secondary N) is 1. The zero-order chi connectivity index (χ0) is 25.8. The molecular formula is C30H23F3N2OS. The first-order chi connectivity index (χ1) is 17.9. The molecule has 5 rings (SSSR count). The quantitative estimate of drug-likeness (QED) is 0.238. The first kappa shape index (κ1) is 24.7. The summed E-state index contributed by atoms with van der Waals surface area (Å²) in [6.07, 6.45) is -4.65. The first-order valence-corrected chi connectivity index (χ1v) is 12.5. The minimum atomic E-state index is -4.57. The average Bonchev–Trinajstić information content (AvgIpc) is 3.17. The summed E-state index contributed by atoms with van der Waals surface area (Å²) in [6, 6.07) is 32.7. The van der Waals surface area contributed by atoms with E-state index < -0.39 is 17.6 Å². The van der Waals surface area contributed by atoms with Crippen molar-refractivity contribution < 1.29 is 18.0 Å². The Labute approximate surface area is 216 Å². The molecule has 0 radical (unpaired) electrons. The van der Waals surface area contributed by atoms with Crippen LogP contribution in [0.25, 0.3) is 10.9 Å². The second kappa shape index (κ2) is 10.6. The highest BCUT2D eigenvalue weighted by Crippen LogP contribution is 2.40. The van der Waals surface area contributed by atoms with Gasteiger partial charge in [-0.05, 0) is 35.9 Å². The molecule has 0 fully saturated rings. The molecule has 4 aromatic carbocycles. The SMILES string of the molecule is O=C(Cc1c(Sc2ccccc2)c2ccccc2n1Cc1ccccc1)Nc1ccccc1C(F)(F)F. The Morgan fingerprint density at radius 1 is 0.784 bits per heavy atom. The van der Waals surface area contributed by atoms with Crippen molar-refractivity contribution in [1.29, 1.82) is 0 Å². The van der Waals surface area contributed by atoms with Crippen LogP contribution in [0.15, 0.2) is 119 Å². The van der Waals surface area contributed by atoms with Crippen molar-refractivity contribution in [3.05, 3.63) is 126 Å². The van der Waals surface area contributed by atoms with Gasteiger partial charge in [-0.1, -0.05) is 90.6 Å². The highest BCUT2D eigenvalue weighted by atomic mass is 32.2. The van der Waals surface area contributed by atoms with Gasteiger partial charge in [-0.2, -0.15) is 13.2 Å². The number of halogens is 3. The van der Waals surface area contributed by atoms with Gasteiger partial charge in [0.2, 0.25) is 5.91 Å². The van der Waals surface area contributed by atoms with E-state index in [-0.39, 0.29) is 12.1 Å².